The standard InChI is InChI=1S/C29H29N5O3S/c1-21(27-17-31-20-33(27)18-23-13-11-22(16-30)12-14-23)32-29(35)25-8-5-15-34(19-25)38(36,37)28-10-4-7-24-6-2-3-9-26(24)28/h2-4,6-7,9-14,17,20-21,25H,5,8,15,18-19H2,1H3,(H,32,35)/t21-,25?/m0/s1. The monoisotopic (exact) mass is 527 g/mol. The first-order valence-corrected chi connectivity index (χ1v) is 14.1. The maximum Gasteiger partial charge on any atom is 0.243 e. The van der Waals surface area contributed by atoms with Gasteiger partial charge in [0.05, 0.1) is 46.7 Å². The summed E-state index contributed by atoms with van der Waals surface area (Å²) in [6.07, 6.45) is 4.69. The topological polar surface area (TPSA) is 108 Å². The fourth-order valence-corrected chi connectivity index (χ4v) is 6.78. The first-order chi connectivity index (χ1) is 18.4. The van der Waals surface area contributed by atoms with Crippen LogP contribution in [0.4, 0.5) is 0 Å². The van der Waals surface area contributed by atoms with Crippen LogP contribution in [0.5, 0.6) is 0 Å². The summed E-state index contributed by atoms with van der Waals surface area (Å²) in [5, 5.41) is 13.6. The third-order valence-corrected chi connectivity index (χ3v) is 9.03. The van der Waals surface area contributed by atoms with E-state index in [-0.39, 0.29) is 23.4 Å². The van der Waals surface area contributed by atoms with E-state index in [4.69, 9.17) is 5.26 Å². The molecule has 38 heavy (non-hydrogen) atoms. The number of rotatable bonds is 7. The molecule has 0 spiro atoms. The van der Waals surface area contributed by atoms with Crippen molar-refractivity contribution in [2.24, 2.45) is 5.92 Å². The largest absolute Gasteiger partial charge is 0.348 e. The number of nitriles is 1. The van der Waals surface area contributed by atoms with Crippen molar-refractivity contribution in [2.75, 3.05) is 13.1 Å². The Balaban J connectivity index is 1.28. The molecule has 0 bridgehead atoms. The van der Waals surface area contributed by atoms with E-state index in [1.165, 1.54) is 4.31 Å². The van der Waals surface area contributed by atoms with Crippen LogP contribution >= 0.6 is 0 Å². The number of nitrogens with zero attached hydrogens (tertiary/aromatic N) is 4. The molecule has 1 aliphatic rings. The molecule has 2 heterocycles. The van der Waals surface area contributed by atoms with Crippen molar-refractivity contribution >= 4 is 26.7 Å². The number of hydrogen-bond acceptors (Lipinski definition) is 5. The zero-order chi connectivity index (χ0) is 26.7. The van der Waals surface area contributed by atoms with Gasteiger partial charge in [-0.2, -0.15) is 9.57 Å². The maximum atomic E-state index is 13.6. The minimum atomic E-state index is -3.75. The third-order valence-electron chi connectivity index (χ3n) is 7.11. The Labute approximate surface area is 222 Å². The number of nitrogens with one attached hydrogen (secondary N) is 1. The van der Waals surface area contributed by atoms with Gasteiger partial charge in [0.25, 0.3) is 0 Å². The van der Waals surface area contributed by atoms with Crippen LogP contribution in [-0.4, -0.2) is 41.3 Å². The van der Waals surface area contributed by atoms with E-state index in [1.54, 1.807) is 36.8 Å². The van der Waals surface area contributed by atoms with Crippen LogP contribution in [0.25, 0.3) is 10.8 Å². The number of piperidine rings is 1. The quantitative estimate of drug-likeness (QED) is 0.387. The number of hydrogen-bond donors (Lipinski definition) is 1. The molecule has 1 aliphatic heterocycles. The normalized spacial score (nSPS) is 17.1. The minimum absolute atomic E-state index is 0.147. The summed E-state index contributed by atoms with van der Waals surface area (Å²) < 4.78 is 30.6. The predicted octanol–water partition coefficient (Wildman–Crippen LogP) is 4.23. The summed E-state index contributed by atoms with van der Waals surface area (Å²) in [5.74, 6) is -0.604. The van der Waals surface area contributed by atoms with Gasteiger partial charge < -0.3 is 9.88 Å². The summed E-state index contributed by atoms with van der Waals surface area (Å²) in [5.41, 5.74) is 2.46. The maximum absolute atomic E-state index is 13.6. The Morgan fingerprint density at radius 1 is 1.13 bits per heavy atom. The molecule has 0 radical (unpaired) electrons. The Bertz CT molecular complexity index is 1600. The third kappa shape index (κ3) is 5.19. The lowest BCUT2D eigenvalue weighted by atomic mass is 9.98. The lowest BCUT2D eigenvalue weighted by Crippen LogP contribution is -2.46. The molecule has 0 aliphatic carbocycles. The Morgan fingerprint density at radius 3 is 2.68 bits per heavy atom. The number of fused-ring (bicyclic) bond motifs is 1. The second-order valence-corrected chi connectivity index (χ2v) is 11.6. The highest BCUT2D eigenvalue weighted by molar-refractivity contribution is 7.89. The molecule has 1 N–H and O–H groups in total. The van der Waals surface area contributed by atoms with Crippen LogP contribution < -0.4 is 5.32 Å². The van der Waals surface area contributed by atoms with Crippen LogP contribution in [0, 0.1) is 17.2 Å². The number of carbonyl (C=O) groups is 1. The van der Waals surface area contributed by atoms with Crippen LogP contribution in [-0.2, 0) is 21.4 Å². The van der Waals surface area contributed by atoms with Gasteiger partial charge in [0.15, 0.2) is 0 Å². The van der Waals surface area contributed by atoms with E-state index in [0.29, 0.717) is 36.9 Å². The summed E-state index contributed by atoms with van der Waals surface area (Å²) in [6, 6.07) is 21.9. The van der Waals surface area contributed by atoms with Crippen LogP contribution in [0.15, 0.2) is 84.1 Å². The van der Waals surface area contributed by atoms with E-state index < -0.39 is 15.9 Å². The predicted molar refractivity (Wildman–Crippen MR) is 144 cm³/mol. The molecular weight excluding hydrogens is 498 g/mol. The van der Waals surface area contributed by atoms with Crippen LogP contribution in [0.2, 0.25) is 0 Å². The number of imidazole rings is 1. The van der Waals surface area contributed by atoms with Gasteiger partial charge in [-0.05, 0) is 48.9 Å². The Kier molecular flexibility index (Phi) is 7.27. The van der Waals surface area contributed by atoms with Gasteiger partial charge in [-0.1, -0.05) is 48.5 Å². The molecular formula is C29H29N5O3S. The average molecular weight is 528 g/mol. The fraction of sp³-hybridized carbons (Fsp3) is 0.276. The second kappa shape index (κ2) is 10.8. The fourth-order valence-electron chi connectivity index (χ4n) is 5.04. The highest BCUT2D eigenvalue weighted by atomic mass is 32.2. The number of sulfonamides is 1. The van der Waals surface area contributed by atoms with Gasteiger partial charge in [0.1, 0.15) is 0 Å². The molecule has 1 aromatic heterocycles. The smallest absolute Gasteiger partial charge is 0.243 e. The van der Waals surface area contributed by atoms with Crippen LogP contribution in [0.3, 0.4) is 0 Å². The summed E-state index contributed by atoms with van der Waals surface area (Å²) >= 11 is 0. The summed E-state index contributed by atoms with van der Waals surface area (Å²) in [4.78, 5) is 17.8. The van der Waals surface area contributed by atoms with Gasteiger partial charge in [0, 0.05) is 25.0 Å². The lowest BCUT2D eigenvalue weighted by Gasteiger charge is -2.32. The molecule has 0 saturated carbocycles. The van der Waals surface area contributed by atoms with Crippen molar-refractivity contribution in [1.29, 1.82) is 5.26 Å². The number of aromatic nitrogens is 2. The van der Waals surface area contributed by atoms with Crippen molar-refractivity contribution in [1.82, 2.24) is 19.2 Å². The molecule has 3 aromatic carbocycles. The summed E-state index contributed by atoms with van der Waals surface area (Å²) in [6.45, 7) is 3.00. The van der Waals surface area contributed by atoms with Gasteiger partial charge >= 0.3 is 0 Å². The van der Waals surface area contributed by atoms with E-state index in [2.05, 4.69) is 16.4 Å². The number of carbonyl (C=O) groups excluding carboxylic acids is 1. The molecule has 1 unspecified atom stereocenters. The van der Waals surface area contributed by atoms with Gasteiger partial charge in [-0.25, -0.2) is 13.4 Å². The van der Waals surface area contributed by atoms with Crippen molar-refractivity contribution in [3.8, 4) is 6.07 Å². The highest BCUT2D eigenvalue weighted by Gasteiger charge is 2.34. The highest BCUT2D eigenvalue weighted by Crippen LogP contribution is 2.29. The van der Waals surface area contributed by atoms with Gasteiger partial charge in [0.2, 0.25) is 15.9 Å². The van der Waals surface area contributed by atoms with Gasteiger partial charge in [-0.15, -0.1) is 0 Å². The van der Waals surface area contributed by atoms with E-state index >= 15 is 0 Å². The van der Waals surface area contributed by atoms with E-state index in [9.17, 15) is 13.2 Å². The van der Waals surface area contributed by atoms with E-state index in [1.807, 2.05) is 54.0 Å². The first kappa shape index (κ1) is 25.6. The molecule has 4 aromatic rings. The average Bonchev–Trinajstić information content (AvgIpc) is 3.41. The molecule has 1 amide bonds. The van der Waals surface area contributed by atoms with Crippen molar-refractivity contribution in [3.05, 3.63) is 96.1 Å². The SMILES string of the molecule is C[C@H](NC(=O)C1CCCN(S(=O)(=O)c2cccc3ccccc23)C1)c1cncn1Cc1ccc(C#N)cc1. The Hall–Kier alpha value is -4.00. The molecule has 5 rings (SSSR count). The number of amides is 1. The molecule has 1 saturated heterocycles. The zero-order valence-corrected chi connectivity index (χ0v) is 21.9. The zero-order valence-electron chi connectivity index (χ0n) is 21.1. The Morgan fingerprint density at radius 2 is 1.89 bits per heavy atom. The molecule has 9 heteroatoms. The van der Waals surface area contributed by atoms with E-state index in [0.717, 1.165) is 16.6 Å². The first-order valence-electron chi connectivity index (χ1n) is 12.6. The lowest BCUT2D eigenvalue weighted by molar-refractivity contribution is -0.126. The second-order valence-electron chi connectivity index (χ2n) is 9.66. The molecule has 1 fully saturated rings. The van der Waals surface area contributed by atoms with Crippen LogP contribution in [0.1, 0.15) is 42.6 Å². The molecule has 8 nitrogen and oxygen atoms in total. The van der Waals surface area contributed by atoms with Gasteiger partial charge in [-0.3, -0.25) is 4.79 Å². The molecule has 2 atom stereocenters. The number of benzene rings is 3. The summed E-state index contributed by atoms with van der Waals surface area (Å²) in [7, 11) is -3.75. The van der Waals surface area contributed by atoms with Crippen molar-refractivity contribution in [3.63, 3.8) is 0 Å². The van der Waals surface area contributed by atoms with Crippen molar-refractivity contribution < 1.29 is 13.2 Å². The minimum Gasteiger partial charge on any atom is -0.348 e. The van der Waals surface area contributed by atoms with Crippen molar-refractivity contribution in [2.45, 2.75) is 37.2 Å². The molecule has 194 valence electrons.